The highest BCUT2D eigenvalue weighted by Gasteiger charge is 2.33. The van der Waals surface area contributed by atoms with Crippen LogP contribution in [0, 0.1) is 17.2 Å². The molecule has 5 rings (SSSR count). The van der Waals surface area contributed by atoms with Gasteiger partial charge < -0.3 is 14.6 Å². The molecule has 0 radical (unpaired) electrons. The largest absolute Gasteiger partial charge is 0.435 e. The zero-order valence-electron chi connectivity index (χ0n) is 22.5. The number of nitrogens with one attached hydrogen (secondary N) is 1. The van der Waals surface area contributed by atoms with Crippen LogP contribution >= 0.6 is 0 Å². The van der Waals surface area contributed by atoms with Gasteiger partial charge in [0.1, 0.15) is 11.2 Å². The van der Waals surface area contributed by atoms with Crippen molar-refractivity contribution in [2.24, 2.45) is 5.92 Å². The number of halogens is 3. The van der Waals surface area contributed by atoms with E-state index in [4.69, 9.17) is 4.42 Å². The SMILES string of the molecule is CC=C(C)c1cc(C#N)cc2nc(-c3ccc(C(=O)NCC4CCN(c5nccc(C(F)(F)F)n5)CC4)cc3)oc12. The summed E-state index contributed by atoms with van der Waals surface area (Å²) in [5.74, 6) is 0.430. The molecule has 2 aromatic carbocycles. The highest BCUT2D eigenvalue weighted by Crippen LogP contribution is 2.32. The number of carbonyl (C=O) groups is 1. The second kappa shape index (κ2) is 11.4. The van der Waals surface area contributed by atoms with Crippen LogP contribution in [0.25, 0.3) is 28.1 Å². The molecule has 1 aliphatic heterocycles. The Hall–Kier alpha value is -4.72. The third-order valence-corrected chi connectivity index (χ3v) is 7.25. The van der Waals surface area contributed by atoms with Gasteiger partial charge in [-0.15, -0.1) is 0 Å². The van der Waals surface area contributed by atoms with Crippen molar-refractivity contribution < 1.29 is 22.4 Å². The first-order valence-electron chi connectivity index (χ1n) is 13.2. The highest BCUT2D eigenvalue weighted by atomic mass is 19.4. The maximum absolute atomic E-state index is 13.0. The van der Waals surface area contributed by atoms with Crippen molar-refractivity contribution in [3.8, 4) is 17.5 Å². The molecule has 1 N–H and O–H groups in total. The van der Waals surface area contributed by atoms with Crippen molar-refractivity contribution in [3.63, 3.8) is 0 Å². The van der Waals surface area contributed by atoms with Crippen molar-refractivity contribution in [3.05, 3.63) is 77.1 Å². The molecule has 11 heteroatoms. The number of benzene rings is 2. The summed E-state index contributed by atoms with van der Waals surface area (Å²) in [4.78, 5) is 26.8. The summed E-state index contributed by atoms with van der Waals surface area (Å²) in [6.45, 7) is 5.33. The lowest BCUT2D eigenvalue weighted by molar-refractivity contribution is -0.141. The summed E-state index contributed by atoms with van der Waals surface area (Å²) < 4.78 is 45.0. The van der Waals surface area contributed by atoms with Gasteiger partial charge in [-0.05, 0) is 80.6 Å². The summed E-state index contributed by atoms with van der Waals surface area (Å²) >= 11 is 0. The molecule has 4 aromatic rings. The number of aromatic nitrogens is 3. The number of oxazole rings is 1. The molecule has 1 aliphatic rings. The number of nitrogens with zero attached hydrogens (tertiary/aromatic N) is 5. The fourth-order valence-corrected chi connectivity index (χ4v) is 4.77. The van der Waals surface area contributed by atoms with E-state index >= 15 is 0 Å². The van der Waals surface area contributed by atoms with Gasteiger partial charge in [-0.25, -0.2) is 15.0 Å². The number of hydrogen-bond donors (Lipinski definition) is 1. The number of fused-ring (bicyclic) bond motifs is 1. The Bertz CT molecular complexity index is 1650. The van der Waals surface area contributed by atoms with Crippen molar-refractivity contribution in [1.82, 2.24) is 20.3 Å². The smallest absolute Gasteiger partial charge is 0.433 e. The van der Waals surface area contributed by atoms with Gasteiger partial charge >= 0.3 is 6.18 Å². The first-order valence-corrected chi connectivity index (χ1v) is 13.2. The Labute approximate surface area is 234 Å². The van der Waals surface area contributed by atoms with E-state index in [0.717, 1.165) is 23.4 Å². The van der Waals surface area contributed by atoms with E-state index in [1.165, 1.54) is 0 Å². The molecule has 8 nitrogen and oxygen atoms in total. The number of carbonyl (C=O) groups excluding carboxylic acids is 1. The number of allylic oxidation sites excluding steroid dienone is 2. The van der Waals surface area contributed by atoms with Crippen molar-refractivity contribution in [2.75, 3.05) is 24.5 Å². The minimum Gasteiger partial charge on any atom is -0.435 e. The van der Waals surface area contributed by atoms with Crippen LogP contribution in [0.1, 0.15) is 53.9 Å². The molecule has 1 amide bonds. The van der Waals surface area contributed by atoms with Crippen LogP contribution in [0.4, 0.5) is 19.1 Å². The molecule has 0 atom stereocenters. The van der Waals surface area contributed by atoms with Gasteiger partial charge in [0, 0.05) is 42.5 Å². The quantitative estimate of drug-likeness (QED) is 0.297. The maximum atomic E-state index is 13.0. The summed E-state index contributed by atoms with van der Waals surface area (Å²) in [6.07, 6.45) is -0.0608. The van der Waals surface area contributed by atoms with Gasteiger partial charge in [-0.1, -0.05) is 6.08 Å². The molecule has 0 bridgehead atoms. The topological polar surface area (TPSA) is 108 Å². The number of piperidine rings is 1. The van der Waals surface area contributed by atoms with E-state index in [2.05, 4.69) is 26.3 Å². The minimum absolute atomic E-state index is 0.0695. The molecule has 1 saturated heterocycles. The Kier molecular flexibility index (Phi) is 7.75. The van der Waals surface area contributed by atoms with Gasteiger partial charge in [-0.3, -0.25) is 4.79 Å². The Morgan fingerprint density at radius 1 is 1.17 bits per heavy atom. The van der Waals surface area contributed by atoms with Crippen LogP contribution in [0.2, 0.25) is 0 Å². The molecular weight excluding hydrogens is 533 g/mol. The van der Waals surface area contributed by atoms with Crippen LogP contribution in [0.15, 0.2) is 59.2 Å². The highest BCUT2D eigenvalue weighted by molar-refractivity contribution is 5.95. The predicted molar refractivity (Wildman–Crippen MR) is 148 cm³/mol. The van der Waals surface area contributed by atoms with E-state index in [1.54, 1.807) is 41.3 Å². The molecule has 2 aromatic heterocycles. The van der Waals surface area contributed by atoms with Crippen LogP contribution in [0.5, 0.6) is 0 Å². The van der Waals surface area contributed by atoms with Crippen LogP contribution in [0.3, 0.4) is 0 Å². The van der Waals surface area contributed by atoms with Crippen LogP contribution in [-0.4, -0.2) is 40.5 Å². The molecule has 0 aliphatic carbocycles. The average Bonchev–Trinajstić information content (AvgIpc) is 3.43. The molecule has 0 saturated carbocycles. The number of rotatable bonds is 6. The van der Waals surface area contributed by atoms with E-state index in [1.807, 2.05) is 19.9 Å². The van der Waals surface area contributed by atoms with Gasteiger partial charge in [0.2, 0.25) is 11.8 Å². The van der Waals surface area contributed by atoms with Gasteiger partial charge in [0.05, 0.1) is 11.6 Å². The standard InChI is InChI=1S/C30H27F3N6O2/c1-3-18(2)23-14-20(16-34)15-24-26(23)41-28(37-24)22-6-4-21(5-7-22)27(40)36-17-19-9-12-39(13-10-19)29-35-11-8-25(38-29)30(31,32)33/h3-8,11,14-15,19H,9-10,12-13,17H2,1-2H3,(H,36,40). The third kappa shape index (κ3) is 6.06. The van der Waals surface area contributed by atoms with Gasteiger partial charge in [-0.2, -0.15) is 18.4 Å². The second-order valence-electron chi connectivity index (χ2n) is 9.93. The second-order valence-corrected chi connectivity index (χ2v) is 9.93. The number of anilines is 1. The Balaban J connectivity index is 1.19. The first kappa shape index (κ1) is 27.8. The zero-order valence-corrected chi connectivity index (χ0v) is 22.5. The number of hydrogen-bond acceptors (Lipinski definition) is 7. The third-order valence-electron chi connectivity index (χ3n) is 7.25. The minimum atomic E-state index is -4.52. The molecule has 0 unspecified atom stereocenters. The van der Waals surface area contributed by atoms with Gasteiger partial charge in [0.25, 0.3) is 5.91 Å². The summed E-state index contributed by atoms with van der Waals surface area (Å²) in [5.41, 5.74) is 3.68. The maximum Gasteiger partial charge on any atom is 0.433 e. The molecule has 210 valence electrons. The lowest BCUT2D eigenvalue weighted by Crippen LogP contribution is -2.39. The fourth-order valence-electron chi connectivity index (χ4n) is 4.77. The lowest BCUT2D eigenvalue weighted by Gasteiger charge is -2.32. The number of alkyl halides is 3. The molecule has 41 heavy (non-hydrogen) atoms. The summed E-state index contributed by atoms with van der Waals surface area (Å²) in [5, 5.41) is 12.4. The summed E-state index contributed by atoms with van der Waals surface area (Å²) in [6, 6.07) is 13.4. The monoisotopic (exact) mass is 560 g/mol. The molecule has 3 heterocycles. The average molecular weight is 561 g/mol. The van der Waals surface area contributed by atoms with Crippen molar-refractivity contribution >= 4 is 28.5 Å². The normalized spacial score (nSPS) is 14.7. The van der Waals surface area contributed by atoms with Crippen LogP contribution in [-0.2, 0) is 6.18 Å². The zero-order chi connectivity index (χ0) is 29.1. The van der Waals surface area contributed by atoms with E-state index in [0.29, 0.717) is 66.2 Å². The number of nitriles is 1. The van der Waals surface area contributed by atoms with E-state index in [-0.39, 0.29) is 17.8 Å². The first-order chi connectivity index (χ1) is 19.7. The number of amides is 1. The van der Waals surface area contributed by atoms with Crippen molar-refractivity contribution in [1.29, 1.82) is 5.26 Å². The van der Waals surface area contributed by atoms with Crippen molar-refractivity contribution in [2.45, 2.75) is 32.9 Å². The Morgan fingerprint density at radius 3 is 2.56 bits per heavy atom. The molecule has 1 fully saturated rings. The summed E-state index contributed by atoms with van der Waals surface area (Å²) in [7, 11) is 0. The molecule has 0 spiro atoms. The fraction of sp³-hybridized carbons (Fsp3) is 0.300. The lowest BCUT2D eigenvalue weighted by atomic mass is 9.97. The predicted octanol–water partition coefficient (Wildman–Crippen LogP) is 6.24. The van der Waals surface area contributed by atoms with Crippen LogP contribution < -0.4 is 10.2 Å². The van der Waals surface area contributed by atoms with Gasteiger partial charge in [0.15, 0.2) is 5.58 Å². The Morgan fingerprint density at radius 2 is 1.90 bits per heavy atom. The van der Waals surface area contributed by atoms with E-state index < -0.39 is 11.9 Å². The van der Waals surface area contributed by atoms with E-state index in [9.17, 15) is 23.2 Å². The molecular formula is C30H27F3N6O2.